The van der Waals surface area contributed by atoms with Crippen molar-refractivity contribution >= 4 is 15.9 Å². The van der Waals surface area contributed by atoms with Crippen LogP contribution in [0.1, 0.15) is 5.56 Å². The molecule has 1 nitrogen and oxygen atoms in total. The van der Waals surface area contributed by atoms with E-state index in [1.807, 2.05) is 25.1 Å². The van der Waals surface area contributed by atoms with Crippen molar-refractivity contribution in [2.45, 2.75) is 6.92 Å². The normalized spacial score (nSPS) is 10.3. The topological polar surface area (TPSA) is 12.9 Å². The Labute approximate surface area is 96.1 Å². The largest absolute Gasteiger partial charge is 0.256 e. The molecular formula is C12H9BrFN. The molecule has 0 spiro atoms. The molecule has 15 heavy (non-hydrogen) atoms. The van der Waals surface area contributed by atoms with Gasteiger partial charge in [-0.3, -0.25) is 4.98 Å². The van der Waals surface area contributed by atoms with E-state index < -0.39 is 0 Å². The van der Waals surface area contributed by atoms with E-state index in [1.165, 1.54) is 12.1 Å². The first-order valence-electron chi connectivity index (χ1n) is 4.54. The summed E-state index contributed by atoms with van der Waals surface area (Å²) in [5.41, 5.74) is 2.65. The number of nitrogens with zero attached hydrogens (tertiary/aromatic N) is 1. The van der Waals surface area contributed by atoms with Crippen LogP contribution in [0.3, 0.4) is 0 Å². The maximum absolute atomic E-state index is 13.1. The zero-order chi connectivity index (χ0) is 10.8. The summed E-state index contributed by atoms with van der Waals surface area (Å²) in [6.45, 7) is 1.97. The number of pyridine rings is 1. The lowest BCUT2D eigenvalue weighted by molar-refractivity contribution is 0.627. The molecule has 0 radical (unpaired) electrons. The summed E-state index contributed by atoms with van der Waals surface area (Å²) in [5, 5.41) is 0. The number of hydrogen-bond acceptors (Lipinski definition) is 1. The molecule has 1 heterocycles. The molecule has 0 saturated heterocycles. The summed E-state index contributed by atoms with van der Waals surface area (Å²) >= 11 is 3.26. The fraction of sp³-hybridized carbons (Fsp3) is 0.0833. The van der Waals surface area contributed by atoms with E-state index in [0.717, 1.165) is 21.3 Å². The van der Waals surface area contributed by atoms with E-state index in [9.17, 15) is 4.39 Å². The van der Waals surface area contributed by atoms with E-state index in [-0.39, 0.29) is 5.82 Å². The van der Waals surface area contributed by atoms with Crippen molar-refractivity contribution in [2.75, 3.05) is 0 Å². The summed E-state index contributed by atoms with van der Waals surface area (Å²) < 4.78 is 13.9. The molecular weight excluding hydrogens is 257 g/mol. The zero-order valence-corrected chi connectivity index (χ0v) is 9.75. The fourth-order valence-electron chi connectivity index (χ4n) is 1.34. The molecule has 0 fully saturated rings. The van der Waals surface area contributed by atoms with Crippen molar-refractivity contribution in [2.24, 2.45) is 0 Å². The van der Waals surface area contributed by atoms with Gasteiger partial charge in [0.2, 0.25) is 0 Å². The van der Waals surface area contributed by atoms with Gasteiger partial charge in [-0.2, -0.15) is 0 Å². The molecule has 1 aromatic carbocycles. The van der Waals surface area contributed by atoms with Crippen LogP contribution in [0.25, 0.3) is 11.3 Å². The minimum absolute atomic E-state index is 0.262. The monoisotopic (exact) mass is 265 g/mol. The van der Waals surface area contributed by atoms with Crippen molar-refractivity contribution in [3.63, 3.8) is 0 Å². The highest BCUT2D eigenvalue weighted by atomic mass is 79.9. The summed E-state index contributed by atoms with van der Waals surface area (Å²) in [4.78, 5) is 4.24. The molecule has 0 bridgehead atoms. The quantitative estimate of drug-likeness (QED) is 0.761. The Balaban J connectivity index is 2.49. The standard InChI is InChI=1S/C12H9BrFN/c1-8-2-3-12(15-7-8)9-4-10(13)6-11(14)5-9/h2-7H,1H3. The second kappa shape index (κ2) is 4.11. The van der Waals surface area contributed by atoms with Gasteiger partial charge >= 0.3 is 0 Å². The first-order valence-corrected chi connectivity index (χ1v) is 5.33. The van der Waals surface area contributed by atoms with Crippen molar-refractivity contribution in [3.05, 3.63) is 52.4 Å². The smallest absolute Gasteiger partial charge is 0.125 e. The van der Waals surface area contributed by atoms with Gasteiger partial charge in [-0.15, -0.1) is 0 Å². The summed E-state index contributed by atoms with van der Waals surface area (Å²) in [6.07, 6.45) is 1.77. The average molecular weight is 266 g/mol. The van der Waals surface area contributed by atoms with Gasteiger partial charge in [-0.1, -0.05) is 22.0 Å². The predicted octanol–water partition coefficient (Wildman–Crippen LogP) is 3.96. The molecule has 0 aliphatic heterocycles. The van der Waals surface area contributed by atoms with Crippen molar-refractivity contribution in [1.29, 1.82) is 0 Å². The molecule has 3 heteroatoms. The molecule has 2 rings (SSSR count). The van der Waals surface area contributed by atoms with Crippen LogP contribution < -0.4 is 0 Å². The van der Waals surface area contributed by atoms with Gasteiger partial charge in [0.25, 0.3) is 0 Å². The number of aromatic nitrogens is 1. The molecule has 0 N–H and O–H groups in total. The Morgan fingerprint density at radius 2 is 2.00 bits per heavy atom. The highest BCUT2D eigenvalue weighted by molar-refractivity contribution is 9.10. The Morgan fingerprint density at radius 1 is 1.20 bits per heavy atom. The minimum atomic E-state index is -0.262. The van der Waals surface area contributed by atoms with E-state index >= 15 is 0 Å². The van der Waals surface area contributed by atoms with E-state index in [1.54, 1.807) is 6.20 Å². The van der Waals surface area contributed by atoms with Crippen molar-refractivity contribution in [1.82, 2.24) is 4.98 Å². The predicted molar refractivity (Wildman–Crippen MR) is 62.1 cm³/mol. The molecule has 1 aromatic heterocycles. The van der Waals surface area contributed by atoms with Crippen molar-refractivity contribution < 1.29 is 4.39 Å². The number of rotatable bonds is 1. The van der Waals surface area contributed by atoms with Crippen LogP contribution in [0.2, 0.25) is 0 Å². The maximum atomic E-state index is 13.1. The highest BCUT2D eigenvalue weighted by Gasteiger charge is 2.02. The Bertz CT molecular complexity index is 459. The lowest BCUT2D eigenvalue weighted by Crippen LogP contribution is -1.85. The number of benzene rings is 1. The fourth-order valence-corrected chi connectivity index (χ4v) is 1.81. The van der Waals surface area contributed by atoms with Gasteiger partial charge in [-0.25, -0.2) is 4.39 Å². The van der Waals surface area contributed by atoms with Gasteiger partial charge in [0.15, 0.2) is 0 Å². The van der Waals surface area contributed by atoms with Crippen LogP contribution in [0, 0.1) is 12.7 Å². The first kappa shape index (κ1) is 10.3. The number of hydrogen-bond donors (Lipinski definition) is 0. The third kappa shape index (κ3) is 2.42. The van der Waals surface area contributed by atoms with Gasteiger partial charge in [0, 0.05) is 16.2 Å². The first-order chi connectivity index (χ1) is 7.15. The van der Waals surface area contributed by atoms with Gasteiger partial charge in [-0.05, 0) is 36.8 Å². The Hall–Kier alpha value is -1.22. The molecule has 0 unspecified atom stereocenters. The average Bonchev–Trinajstić information content (AvgIpc) is 2.17. The Morgan fingerprint density at radius 3 is 2.60 bits per heavy atom. The third-order valence-electron chi connectivity index (χ3n) is 2.07. The molecule has 76 valence electrons. The molecule has 0 amide bonds. The van der Waals surface area contributed by atoms with Crippen LogP contribution >= 0.6 is 15.9 Å². The Kier molecular flexibility index (Phi) is 2.82. The van der Waals surface area contributed by atoms with E-state index in [4.69, 9.17) is 0 Å². The molecule has 0 saturated carbocycles. The third-order valence-corrected chi connectivity index (χ3v) is 2.53. The number of halogens is 2. The van der Waals surface area contributed by atoms with Gasteiger partial charge in [0.05, 0.1) is 5.69 Å². The number of aryl methyl sites for hydroxylation is 1. The van der Waals surface area contributed by atoms with Crippen LogP contribution in [-0.4, -0.2) is 4.98 Å². The molecule has 0 atom stereocenters. The highest BCUT2D eigenvalue weighted by Crippen LogP contribution is 2.23. The van der Waals surface area contributed by atoms with Crippen LogP contribution in [0.15, 0.2) is 41.0 Å². The minimum Gasteiger partial charge on any atom is -0.256 e. The maximum Gasteiger partial charge on any atom is 0.125 e. The van der Waals surface area contributed by atoms with Gasteiger partial charge < -0.3 is 0 Å². The van der Waals surface area contributed by atoms with Crippen LogP contribution in [0.5, 0.6) is 0 Å². The van der Waals surface area contributed by atoms with E-state index in [0.29, 0.717) is 0 Å². The molecule has 0 aliphatic carbocycles. The van der Waals surface area contributed by atoms with Crippen molar-refractivity contribution in [3.8, 4) is 11.3 Å². The van der Waals surface area contributed by atoms with Gasteiger partial charge in [0.1, 0.15) is 5.82 Å². The lowest BCUT2D eigenvalue weighted by atomic mass is 10.1. The zero-order valence-electron chi connectivity index (χ0n) is 8.17. The van der Waals surface area contributed by atoms with E-state index in [2.05, 4.69) is 20.9 Å². The summed E-state index contributed by atoms with van der Waals surface area (Å²) in [7, 11) is 0. The molecule has 2 aromatic rings. The second-order valence-corrected chi connectivity index (χ2v) is 4.29. The van der Waals surface area contributed by atoms with Crippen LogP contribution in [0.4, 0.5) is 4.39 Å². The van der Waals surface area contributed by atoms with Crippen LogP contribution in [-0.2, 0) is 0 Å². The second-order valence-electron chi connectivity index (χ2n) is 3.38. The summed E-state index contributed by atoms with van der Waals surface area (Å²) in [5.74, 6) is -0.262. The lowest BCUT2D eigenvalue weighted by Gasteiger charge is -2.02. The molecule has 0 aliphatic rings. The SMILES string of the molecule is Cc1ccc(-c2cc(F)cc(Br)c2)nc1. The summed E-state index contributed by atoms with van der Waals surface area (Å²) in [6, 6.07) is 8.60.